The van der Waals surface area contributed by atoms with E-state index in [-0.39, 0.29) is 23.3 Å². The zero-order valence-electron chi connectivity index (χ0n) is 10.3. The Kier molecular flexibility index (Phi) is 2.42. The summed E-state index contributed by atoms with van der Waals surface area (Å²) < 4.78 is 6.02. The van der Waals surface area contributed by atoms with Crippen molar-refractivity contribution in [3.8, 4) is 0 Å². The highest BCUT2D eigenvalue weighted by Crippen LogP contribution is 2.42. The molecule has 3 heteroatoms. The van der Waals surface area contributed by atoms with Gasteiger partial charge in [0.15, 0.2) is 0 Å². The lowest BCUT2D eigenvalue weighted by Gasteiger charge is -2.30. The summed E-state index contributed by atoms with van der Waals surface area (Å²) in [6, 6.07) is 0.349. The van der Waals surface area contributed by atoms with Gasteiger partial charge in [0, 0.05) is 11.6 Å². The number of rotatable bonds is 3. The number of aliphatic hydroxyl groups excluding tert-OH is 1. The summed E-state index contributed by atoms with van der Waals surface area (Å²) in [7, 11) is 0. The monoisotopic (exact) mass is 213 g/mol. The molecule has 1 unspecified atom stereocenters. The lowest BCUT2D eigenvalue weighted by atomic mass is 9.93. The van der Waals surface area contributed by atoms with Gasteiger partial charge in [-0.15, -0.1) is 0 Å². The van der Waals surface area contributed by atoms with Crippen molar-refractivity contribution in [1.82, 2.24) is 5.32 Å². The maximum absolute atomic E-state index is 9.31. The van der Waals surface area contributed by atoms with E-state index in [9.17, 15) is 5.11 Å². The topological polar surface area (TPSA) is 41.5 Å². The molecule has 2 rings (SSSR count). The molecule has 1 atom stereocenters. The third kappa shape index (κ3) is 2.19. The predicted molar refractivity (Wildman–Crippen MR) is 59.8 cm³/mol. The van der Waals surface area contributed by atoms with Crippen LogP contribution in [0.1, 0.15) is 47.0 Å². The minimum absolute atomic E-state index is 0.00567. The molecular formula is C12H23NO2. The van der Waals surface area contributed by atoms with Gasteiger partial charge in [-0.05, 0) is 47.0 Å². The zero-order valence-corrected chi connectivity index (χ0v) is 10.3. The molecule has 0 bridgehead atoms. The van der Waals surface area contributed by atoms with E-state index in [1.165, 1.54) is 0 Å². The van der Waals surface area contributed by atoms with Crippen LogP contribution in [0.2, 0.25) is 0 Å². The second-order valence-electron chi connectivity index (χ2n) is 6.30. The summed E-state index contributed by atoms with van der Waals surface area (Å²) in [5, 5.41) is 12.9. The van der Waals surface area contributed by atoms with Gasteiger partial charge >= 0.3 is 0 Å². The van der Waals surface area contributed by atoms with Gasteiger partial charge in [-0.2, -0.15) is 0 Å². The van der Waals surface area contributed by atoms with Crippen LogP contribution in [0.4, 0.5) is 0 Å². The molecule has 0 radical (unpaired) electrons. The predicted octanol–water partition coefficient (Wildman–Crippen LogP) is 1.45. The van der Waals surface area contributed by atoms with Gasteiger partial charge in [-0.25, -0.2) is 0 Å². The third-order valence-electron chi connectivity index (χ3n) is 3.71. The molecule has 0 aromatic heterocycles. The molecule has 0 amide bonds. The number of nitrogens with one attached hydrogen (secondary N) is 1. The Morgan fingerprint density at radius 3 is 2.20 bits per heavy atom. The first-order chi connectivity index (χ1) is 6.79. The highest BCUT2D eigenvalue weighted by molar-refractivity contribution is 5.08. The molecule has 0 aromatic carbocycles. The molecule has 1 saturated heterocycles. The Bertz CT molecular complexity index is 256. The van der Waals surface area contributed by atoms with E-state index in [1.54, 1.807) is 0 Å². The first-order valence-corrected chi connectivity index (χ1v) is 5.87. The summed E-state index contributed by atoms with van der Waals surface area (Å²) in [6.07, 6.45) is 3.20. The van der Waals surface area contributed by atoms with Crippen LogP contribution in [0.15, 0.2) is 0 Å². The van der Waals surface area contributed by atoms with Gasteiger partial charge in [-0.3, -0.25) is 0 Å². The van der Waals surface area contributed by atoms with E-state index < -0.39 is 0 Å². The summed E-state index contributed by atoms with van der Waals surface area (Å²) >= 11 is 0. The molecule has 1 heterocycles. The van der Waals surface area contributed by atoms with Gasteiger partial charge in [0.2, 0.25) is 0 Å². The smallest absolute Gasteiger partial charge is 0.0787 e. The van der Waals surface area contributed by atoms with E-state index in [4.69, 9.17) is 4.74 Å². The summed E-state index contributed by atoms with van der Waals surface area (Å²) in [6.45, 7) is 8.78. The van der Waals surface area contributed by atoms with Crippen molar-refractivity contribution < 1.29 is 9.84 Å². The number of aliphatic hydroxyl groups is 1. The lowest BCUT2D eigenvalue weighted by Crippen LogP contribution is -2.50. The Balaban J connectivity index is 2.03. The van der Waals surface area contributed by atoms with Crippen molar-refractivity contribution in [3.05, 3.63) is 0 Å². The van der Waals surface area contributed by atoms with Gasteiger partial charge in [0.1, 0.15) is 0 Å². The lowest BCUT2D eigenvalue weighted by molar-refractivity contribution is -0.0710. The molecule has 1 aliphatic carbocycles. The van der Waals surface area contributed by atoms with Gasteiger partial charge in [-0.1, -0.05) is 0 Å². The number of hydrogen-bond donors (Lipinski definition) is 2. The molecule has 1 saturated carbocycles. The molecule has 88 valence electrons. The van der Waals surface area contributed by atoms with Gasteiger partial charge < -0.3 is 15.2 Å². The Morgan fingerprint density at radius 2 is 1.87 bits per heavy atom. The van der Waals surface area contributed by atoms with E-state index in [0.29, 0.717) is 6.04 Å². The highest BCUT2D eigenvalue weighted by atomic mass is 16.5. The van der Waals surface area contributed by atoms with Gasteiger partial charge in [0.25, 0.3) is 0 Å². The van der Waals surface area contributed by atoms with Crippen LogP contribution in [0.5, 0.6) is 0 Å². The largest absolute Gasteiger partial charge is 0.394 e. The second-order valence-corrected chi connectivity index (χ2v) is 6.30. The van der Waals surface area contributed by atoms with Crippen LogP contribution in [0.3, 0.4) is 0 Å². The quantitative estimate of drug-likeness (QED) is 0.745. The fraction of sp³-hybridized carbons (Fsp3) is 1.00. The first kappa shape index (κ1) is 11.4. The molecule has 2 N–H and O–H groups in total. The van der Waals surface area contributed by atoms with Crippen LogP contribution in [-0.2, 0) is 4.74 Å². The van der Waals surface area contributed by atoms with Crippen molar-refractivity contribution in [2.75, 3.05) is 6.61 Å². The van der Waals surface area contributed by atoms with Crippen LogP contribution in [-0.4, -0.2) is 34.5 Å². The van der Waals surface area contributed by atoms with Crippen molar-refractivity contribution in [2.24, 2.45) is 0 Å². The molecular weight excluding hydrogens is 190 g/mol. The Hall–Kier alpha value is -0.120. The van der Waals surface area contributed by atoms with Crippen LogP contribution in [0, 0.1) is 0 Å². The zero-order chi connectivity index (χ0) is 11.3. The molecule has 1 aliphatic heterocycles. The van der Waals surface area contributed by atoms with Crippen LogP contribution < -0.4 is 5.32 Å². The summed E-state index contributed by atoms with van der Waals surface area (Å²) in [5.74, 6) is 0. The first-order valence-electron chi connectivity index (χ1n) is 5.87. The number of ether oxygens (including phenoxy) is 1. The van der Waals surface area contributed by atoms with E-state index in [1.807, 2.05) is 0 Å². The fourth-order valence-corrected chi connectivity index (χ4v) is 2.66. The molecule has 0 aromatic rings. The van der Waals surface area contributed by atoms with Crippen LogP contribution in [0.25, 0.3) is 0 Å². The van der Waals surface area contributed by atoms with E-state index >= 15 is 0 Å². The van der Waals surface area contributed by atoms with Crippen molar-refractivity contribution in [3.63, 3.8) is 0 Å². The molecule has 2 fully saturated rings. The second kappa shape index (κ2) is 3.19. The maximum Gasteiger partial charge on any atom is 0.0787 e. The molecule has 0 spiro atoms. The number of hydrogen-bond acceptors (Lipinski definition) is 3. The van der Waals surface area contributed by atoms with E-state index in [2.05, 4.69) is 33.0 Å². The fourth-order valence-electron chi connectivity index (χ4n) is 2.66. The summed E-state index contributed by atoms with van der Waals surface area (Å²) in [4.78, 5) is 0. The molecule has 2 aliphatic rings. The molecule has 3 nitrogen and oxygen atoms in total. The molecule has 15 heavy (non-hydrogen) atoms. The normalized spacial score (nSPS) is 35.4. The highest BCUT2D eigenvalue weighted by Gasteiger charge is 2.51. The SMILES string of the molecule is CC1(C)CC(NC2(CO)CC2)C(C)(C)O1. The Morgan fingerprint density at radius 1 is 1.27 bits per heavy atom. The minimum atomic E-state index is -0.131. The van der Waals surface area contributed by atoms with Crippen LogP contribution >= 0.6 is 0 Å². The average Bonchev–Trinajstić information content (AvgIpc) is 2.77. The van der Waals surface area contributed by atoms with E-state index in [0.717, 1.165) is 19.3 Å². The maximum atomic E-state index is 9.31. The van der Waals surface area contributed by atoms with Crippen molar-refractivity contribution in [2.45, 2.75) is 69.7 Å². The van der Waals surface area contributed by atoms with Crippen molar-refractivity contribution >= 4 is 0 Å². The average molecular weight is 213 g/mol. The van der Waals surface area contributed by atoms with Gasteiger partial charge in [0.05, 0.1) is 17.8 Å². The van der Waals surface area contributed by atoms with Crippen molar-refractivity contribution in [1.29, 1.82) is 0 Å². The third-order valence-corrected chi connectivity index (χ3v) is 3.71. The summed E-state index contributed by atoms with van der Waals surface area (Å²) in [5.41, 5.74) is -0.174. The Labute approximate surface area is 92.2 Å². The minimum Gasteiger partial charge on any atom is -0.394 e. The standard InChI is InChI=1S/C12H23NO2/c1-10(2)7-9(11(3,4)15-10)13-12(8-14)5-6-12/h9,13-14H,5-8H2,1-4H3.